The van der Waals surface area contributed by atoms with Crippen molar-refractivity contribution in [2.45, 2.75) is 19.4 Å². The maximum Gasteiger partial charge on any atom is 0.410 e. The van der Waals surface area contributed by atoms with Gasteiger partial charge in [0.1, 0.15) is 12.9 Å². The number of hydrogen-bond acceptors (Lipinski definition) is 3. The fraction of sp³-hybridized carbons (Fsp3) is 0.429. The summed E-state index contributed by atoms with van der Waals surface area (Å²) < 4.78 is 5.23. The van der Waals surface area contributed by atoms with E-state index in [1.807, 2.05) is 30.3 Å². The Labute approximate surface area is 107 Å². The van der Waals surface area contributed by atoms with E-state index in [2.05, 4.69) is 0 Å². The number of carbonyl (C=O) groups is 2. The van der Waals surface area contributed by atoms with Gasteiger partial charge in [0.05, 0.1) is 0 Å². The van der Waals surface area contributed by atoms with Crippen molar-refractivity contribution >= 4 is 12.4 Å². The molecule has 0 spiro atoms. The lowest BCUT2D eigenvalue weighted by atomic mass is 10.0. The third-order valence-corrected chi connectivity index (χ3v) is 3.11. The van der Waals surface area contributed by atoms with Crippen molar-refractivity contribution in [3.8, 4) is 0 Å². The number of rotatable bonds is 3. The van der Waals surface area contributed by atoms with Gasteiger partial charge in [-0.25, -0.2) is 4.79 Å². The molecule has 1 saturated heterocycles. The highest BCUT2D eigenvalue weighted by Gasteiger charge is 2.24. The summed E-state index contributed by atoms with van der Waals surface area (Å²) in [6, 6.07) is 9.57. The topological polar surface area (TPSA) is 46.6 Å². The van der Waals surface area contributed by atoms with Crippen molar-refractivity contribution in [1.82, 2.24) is 4.90 Å². The molecule has 1 atom stereocenters. The second kappa shape index (κ2) is 6.19. The second-order valence-corrected chi connectivity index (χ2v) is 4.52. The molecule has 1 aliphatic rings. The average Bonchev–Trinajstić information content (AvgIpc) is 2.46. The predicted molar refractivity (Wildman–Crippen MR) is 67.0 cm³/mol. The fourth-order valence-corrected chi connectivity index (χ4v) is 2.10. The quantitative estimate of drug-likeness (QED) is 0.769. The molecule has 1 heterocycles. The molecular weight excluding hydrogens is 230 g/mol. The molecule has 4 nitrogen and oxygen atoms in total. The van der Waals surface area contributed by atoms with Crippen LogP contribution in [0.3, 0.4) is 0 Å². The van der Waals surface area contributed by atoms with Gasteiger partial charge in [-0.3, -0.25) is 0 Å². The van der Waals surface area contributed by atoms with E-state index in [9.17, 15) is 9.59 Å². The van der Waals surface area contributed by atoms with Gasteiger partial charge in [-0.05, 0) is 18.4 Å². The normalized spacial score (nSPS) is 19.3. The number of hydrogen-bond donors (Lipinski definition) is 0. The molecule has 2 rings (SSSR count). The molecular formula is C14H17NO3. The first-order valence-corrected chi connectivity index (χ1v) is 6.20. The van der Waals surface area contributed by atoms with Crippen LogP contribution in [0.1, 0.15) is 18.4 Å². The number of piperidine rings is 1. The largest absolute Gasteiger partial charge is 0.445 e. The Balaban J connectivity index is 1.82. The lowest BCUT2D eigenvalue weighted by molar-refractivity contribution is -0.112. The summed E-state index contributed by atoms with van der Waals surface area (Å²) in [6.45, 7) is 1.44. The first kappa shape index (κ1) is 12.6. The maximum atomic E-state index is 11.8. The Morgan fingerprint density at radius 2 is 2.17 bits per heavy atom. The molecule has 1 amide bonds. The fourth-order valence-electron chi connectivity index (χ4n) is 2.10. The SMILES string of the molecule is O=CC1CCCN(C(=O)OCc2ccccc2)C1. The van der Waals surface area contributed by atoms with Crippen LogP contribution in [-0.4, -0.2) is 30.4 Å². The van der Waals surface area contributed by atoms with Crippen LogP contribution in [-0.2, 0) is 16.1 Å². The molecule has 0 aromatic heterocycles. The van der Waals surface area contributed by atoms with Crippen LogP contribution >= 0.6 is 0 Å². The van der Waals surface area contributed by atoms with Gasteiger partial charge >= 0.3 is 6.09 Å². The Morgan fingerprint density at radius 3 is 2.89 bits per heavy atom. The van der Waals surface area contributed by atoms with E-state index in [0.29, 0.717) is 13.1 Å². The van der Waals surface area contributed by atoms with Gasteiger partial charge in [0.15, 0.2) is 0 Å². The number of carbonyl (C=O) groups excluding carboxylic acids is 2. The highest BCUT2D eigenvalue weighted by atomic mass is 16.6. The van der Waals surface area contributed by atoms with Crippen LogP contribution in [0.5, 0.6) is 0 Å². The molecule has 0 saturated carbocycles. The van der Waals surface area contributed by atoms with Gasteiger partial charge in [0, 0.05) is 19.0 Å². The van der Waals surface area contributed by atoms with Gasteiger partial charge in [0.25, 0.3) is 0 Å². The number of benzene rings is 1. The van der Waals surface area contributed by atoms with E-state index in [1.165, 1.54) is 0 Å². The number of amides is 1. The summed E-state index contributed by atoms with van der Waals surface area (Å²) in [5, 5.41) is 0. The zero-order valence-electron chi connectivity index (χ0n) is 10.2. The summed E-state index contributed by atoms with van der Waals surface area (Å²) in [5.41, 5.74) is 0.967. The molecule has 1 unspecified atom stereocenters. The van der Waals surface area contributed by atoms with Crippen molar-refractivity contribution in [3.05, 3.63) is 35.9 Å². The maximum absolute atomic E-state index is 11.8. The van der Waals surface area contributed by atoms with E-state index in [-0.39, 0.29) is 18.6 Å². The summed E-state index contributed by atoms with van der Waals surface area (Å²) in [6.07, 6.45) is 2.33. The molecule has 1 aliphatic heterocycles. The van der Waals surface area contributed by atoms with Crippen molar-refractivity contribution in [3.63, 3.8) is 0 Å². The summed E-state index contributed by atoms with van der Waals surface area (Å²) in [5.74, 6) is -0.0389. The van der Waals surface area contributed by atoms with Crippen LogP contribution in [0, 0.1) is 5.92 Å². The summed E-state index contributed by atoms with van der Waals surface area (Å²) in [7, 11) is 0. The molecule has 1 fully saturated rings. The standard InChI is InChI=1S/C14H17NO3/c16-10-13-7-4-8-15(9-13)14(17)18-11-12-5-2-1-3-6-12/h1-3,5-6,10,13H,4,7-9,11H2. The predicted octanol–water partition coefficient (Wildman–Crippen LogP) is 2.23. The number of ether oxygens (including phenoxy) is 1. The third-order valence-electron chi connectivity index (χ3n) is 3.11. The molecule has 4 heteroatoms. The van der Waals surface area contributed by atoms with Crippen molar-refractivity contribution < 1.29 is 14.3 Å². The lowest BCUT2D eigenvalue weighted by Crippen LogP contribution is -2.40. The van der Waals surface area contributed by atoms with Crippen molar-refractivity contribution in [2.75, 3.05) is 13.1 Å². The zero-order chi connectivity index (χ0) is 12.8. The Hall–Kier alpha value is -1.84. The van der Waals surface area contributed by atoms with Crippen molar-refractivity contribution in [2.24, 2.45) is 5.92 Å². The molecule has 0 N–H and O–H groups in total. The van der Waals surface area contributed by atoms with Crippen LogP contribution in [0.4, 0.5) is 4.79 Å². The van der Waals surface area contributed by atoms with Gasteiger partial charge in [-0.2, -0.15) is 0 Å². The van der Waals surface area contributed by atoms with Gasteiger partial charge in [-0.15, -0.1) is 0 Å². The third kappa shape index (κ3) is 3.32. The van der Waals surface area contributed by atoms with Gasteiger partial charge in [0.2, 0.25) is 0 Å². The van der Waals surface area contributed by atoms with Crippen molar-refractivity contribution in [1.29, 1.82) is 0 Å². The Bertz CT molecular complexity index is 405. The average molecular weight is 247 g/mol. The van der Waals surface area contributed by atoms with Crippen LogP contribution in [0.25, 0.3) is 0 Å². The van der Waals surface area contributed by atoms with E-state index >= 15 is 0 Å². The van der Waals surface area contributed by atoms with E-state index in [1.54, 1.807) is 4.90 Å². The van der Waals surface area contributed by atoms with Gasteiger partial charge < -0.3 is 14.4 Å². The van der Waals surface area contributed by atoms with Gasteiger partial charge in [-0.1, -0.05) is 30.3 Å². The lowest BCUT2D eigenvalue weighted by Gasteiger charge is -2.29. The molecule has 18 heavy (non-hydrogen) atoms. The first-order chi connectivity index (χ1) is 8.79. The highest BCUT2D eigenvalue weighted by molar-refractivity contribution is 5.68. The molecule has 0 radical (unpaired) electrons. The van der Waals surface area contributed by atoms with E-state index < -0.39 is 0 Å². The van der Waals surface area contributed by atoms with E-state index in [0.717, 1.165) is 24.7 Å². The Morgan fingerprint density at radius 1 is 1.39 bits per heavy atom. The highest BCUT2D eigenvalue weighted by Crippen LogP contribution is 2.15. The minimum Gasteiger partial charge on any atom is -0.445 e. The monoisotopic (exact) mass is 247 g/mol. The second-order valence-electron chi connectivity index (χ2n) is 4.52. The molecule has 0 bridgehead atoms. The zero-order valence-corrected chi connectivity index (χ0v) is 10.2. The van der Waals surface area contributed by atoms with Crippen LogP contribution < -0.4 is 0 Å². The Kier molecular flexibility index (Phi) is 4.34. The number of nitrogens with zero attached hydrogens (tertiary/aromatic N) is 1. The number of aldehydes is 1. The summed E-state index contributed by atoms with van der Waals surface area (Å²) in [4.78, 5) is 24.2. The first-order valence-electron chi connectivity index (χ1n) is 6.20. The molecule has 0 aliphatic carbocycles. The summed E-state index contributed by atoms with van der Waals surface area (Å²) >= 11 is 0. The molecule has 96 valence electrons. The van der Waals surface area contributed by atoms with Crippen LogP contribution in [0.2, 0.25) is 0 Å². The molecule has 1 aromatic rings. The minimum atomic E-state index is -0.328. The molecule has 1 aromatic carbocycles. The number of likely N-dealkylation sites (tertiary alicyclic amines) is 1. The van der Waals surface area contributed by atoms with E-state index in [4.69, 9.17) is 4.74 Å². The smallest absolute Gasteiger partial charge is 0.410 e. The van der Waals surface area contributed by atoms with Crippen LogP contribution in [0.15, 0.2) is 30.3 Å². The minimum absolute atomic E-state index is 0.0389.